The number of amides is 2. The second kappa shape index (κ2) is 6.89. The molecule has 0 spiro atoms. The predicted octanol–water partition coefficient (Wildman–Crippen LogP) is -0.0247. The van der Waals surface area contributed by atoms with Gasteiger partial charge in [-0.15, -0.1) is 0 Å². The van der Waals surface area contributed by atoms with Crippen LogP contribution in [0.2, 0.25) is 0 Å². The first-order chi connectivity index (χ1) is 9.69. The zero-order valence-corrected chi connectivity index (χ0v) is 12.8. The summed E-state index contributed by atoms with van der Waals surface area (Å²) in [7, 11) is 0. The van der Waals surface area contributed by atoms with Crippen LogP contribution in [0.1, 0.15) is 40.0 Å². The van der Waals surface area contributed by atoms with Gasteiger partial charge >= 0.3 is 5.97 Å². The largest absolute Gasteiger partial charge is 0.479 e. The molecule has 0 aromatic rings. The van der Waals surface area contributed by atoms with E-state index in [9.17, 15) is 19.5 Å². The highest BCUT2D eigenvalue weighted by Crippen LogP contribution is 2.22. The number of aliphatic hydroxyl groups is 1. The number of carbonyl (C=O) groups is 3. The van der Waals surface area contributed by atoms with Gasteiger partial charge in [-0.05, 0) is 20.3 Å². The standard InChI is InChI=1S/C14H24N2O5/c1-4-5-9(2)16-7-10(6-11(16)17)12(18)15-8-14(3,21)13(19)20/h9-10,21H,4-8H2,1-3H3,(H,15,18)(H,19,20). The van der Waals surface area contributed by atoms with E-state index in [1.165, 1.54) is 0 Å². The summed E-state index contributed by atoms with van der Waals surface area (Å²) in [5.41, 5.74) is -2.01. The van der Waals surface area contributed by atoms with Crippen molar-refractivity contribution < 1.29 is 24.6 Å². The van der Waals surface area contributed by atoms with Gasteiger partial charge in [0.25, 0.3) is 0 Å². The first kappa shape index (κ1) is 17.4. The normalized spacial score (nSPS) is 22.8. The van der Waals surface area contributed by atoms with E-state index in [-0.39, 0.29) is 24.9 Å². The summed E-state index contributed by atoms with van der Waals surface area (Å²) >= 11 is 0. The molecule has 1 rings (SSSR count). The molecule has 1 aliphatic heterocycles. The van der Waals surface area contributed by atoms with Gasteiger partial charge in [0.15, 0.2) is 5.60 Å². The third-order valence-electron chi connectivity index (χ3n) is 3.84. The molecule has 3 N–H and O–H groups in total. The number of carboxylic acids is 1. The first-order valence-electron chi connectivity index (χ1n) is 7.22. The molecule has 7 heteroatoms. The Bertz CT molecular complexity index is 422. The van der Waals surface area contributed by atoms with E-state index in [4.69, 9.17) is 5.11 Å². The molecule has 1 aliphatic rings. The molecule has 0 aliphatic carbocycles. The average Bonchev–Trinajstić information content (AvgIpc) is 2.78. The van der Waals surface area contributed by atoms with Crippen molar-refractivity contribution in [3.8, 4) is 0 Å². The molecule has 0 bridgehead atoms. The fourth-order valence-electron chi connectivity index (χ4n) is 2.39. The van der Waals surface area contributed by atoms with E-state index < -0.39 is 23.4 Å². The maximum absolute atomic E-state index is 12.0. The molecule has 0 aromatic heterocycles. The lowest BCUT2D eigenvalue weighted by Crippen LogP contribution is -2.48. The average molecular weight is 300 g/mol. The number of nitrogens with one attached hydrogen (secondary N) is 1. The van der Waals surface area contributed by atoms with Crippen molar-refractivity contribution in [2.45, 2.75) is 51.7 Å². The van der Waals surface area contributed by atoms with E-state index in [0.717, 1.165) is 19.8 Å². The van der Waals surface area contributed by atoms with Crippen molar-refractivity contribution in [3.63, 3.8) is 0 Å². The fraction of sp³-hybridized carbons (Fsp3) is 0.786. The van der Waals surface area contributed by atoms with Crippen LogP contribution in [0.25, 0.3) is 0 Å². The lowest BCUT2D eigenvalue weighted by Gasteiger charge is -2.24. The van der Waals surface area contributed by atoms with Crippen LogP contribution >= 0.6 is 0 Å². The Morgan fingerprint density at radius 3 is 2.67 bits per heavy atom. The van der Waals surface area contributed by atoms with Gasteiger partial charge in [-0.2, -0.15) is 0 Å². The summed E-state index contributed by atoms with van der Waals surface area (Å²) in [5, 5.41) is 20.7. The third kappa shape index (κ3) is 4.42. The van der Waals surface area contributed by atoms with Gasteiger partial charge in [0, 0.05) is 19.0 Å². The Balaban J connectivity index is 2.54. The second-order valence-corrected chi connectivity index (χ2v) is 5.88. The third-order valence-corrected chi connectivity index (χ3v) is 3.84. The number of hydrogen-bond acceptors (Lipinski definition) is 4. The van der Waals surface area contributed by atoms with Crippen molar-refractivity contribution in [3.05, 3.63) is 0 Å². The second-order valence-electron chi connectivity index (χ2n) is 5.88. The van der Waals surface area contributed by atoms with Crippen molar-refractivity contribution >= 4 is 17.8 Å². The SMILES string of the molecule is CCCC(C)N1CC(C(=O)NCC(C)(O)C(=O)O)CC1=O. The van der Waals surface area contributed by atoms with Crippen LogP contribution < -0.4 is 5.32 Å². The Morgan fingerprint density at radius 1 is 1.52 bits per heavy atom. The molecular formula is C14H24N2O5. The van der Waals surface area contributed by atoms with Crippen LogP contribution in [0.3, 0.4) is 0 Å². The number of hydrogen-bond donors (Lipinski definition) is 3. The number of nitrogens with zero attached hydrogens (tertiary/aromatic N) is 1. The molecule has 3 atom stereocenters. The van der Waals surface area contributed by atoms with Crippen molar-refractivity contribution in [1.29, 1.82) is 0 Å². The lowest BCUT2D eigenvalue weighted by atomic mass is 10.1. The Kier molecular flexibility index (Phi) is 5.71. The van der Waals surface area contributed by atoms with Gasteiger partial charge in [-0.1, -0.05) is 13.3 Å². The highest BCUT2D eigenvalue weighted by atomic mass is 16.4. The molecule has 1 fully saturated rings. The minimum atomic E-state index is -2.01. The number of aliphatic carboxylic acids is 1. The van der Waals surface area contributed by atoms with E-state index in [2.05, 4.69) is 5.32 Å². The highest BCUT2D eigenvalue weighted by molar-refractivity contribution is 5.89. The Hall–Kier alpha value is -1.63. The van der Waals surface area contributed by atoms with E-state index in [1.54, 1.807) is 4.90 Å². The predicted molar refractivity (Wildman–Crippen MR) is 75.5 cm³/mol. The summed E-state index contributed by atoms with van der Waals surface area (Å²) < 4.78 is 0. The van der Waals surface area contributed by atoms with Crippen LogP contribution in [-0.4, -0.2) is 57.6 Å². The highest BCUT2D eigenvalue weighted by Gasteiger charge is 2.37. The summed E-state index contributed by atoms with van der Waals surface area (Å²) in [6, 6.07) is 0.0995. The minimum absolute atomic E-state index is 0.0545. The van der Waals surface area contributed by atoms with E-state index in [1.807, 2.05) is 13.8 Å². The summed E-state index contributed by atoms with van der Waals surface area (Å²) in [6.07, 6.45) is 1.98. The molecule has 2 amide bonds. The van der Waals surface area contributed by atoms with E-state index in [0.29, 0.717) is 6.54 Å². The van der Waals surface area contributed by atoms with Crippen molar-refractivity contribution in [2.75, 3.05) is 13.1 Å². The van der Waals surface area contributed by atoms with E-state index >= 15 is 0 Å². The molecule has 120 valence electrons. The maximum Gasteiger partial charge on any atom is 0.337 e. The monoisotopic (exact) mass is 300 g/mol. The van der Waals surface area contributed by atoms with Gasteiger partial charge in [0.1, 0.15) is 0 Å². The van der Waals surface area contributed by atoms with Gasteiger partial charge in [0.05, 0.1) is 12.5 Å². The number of likely N-dealkylation sites (tertiary alicyclic amines) is 1. The zero-order valence-electron chi connectivity index (χ0n) is 12.8. The maximum atomic E-state index is 12.0. The summed E-state index contributed by atoms with van der Waals surface area (Å²) in [6.45, 7) is 5.08. The fourth-order valence-corrected chi connectivity index (χ4v) is 2.39. The molecule has 1 heterocycles. The van der Waals surface area contributed by atoms with Crippen molar-refractivity contribution in [2.24, 2.45) is 5.92 Å². The molecule has 3 unspecified atom stereocenters. The molecule has 0 radical (unpaired) electrons. The van der Waals surface area contributed by atoms with Crippen LogP contribution in [0.5, 0.6) is 0 Å². The van der Waals surface area contributed by atoms with Crippen LogP contribution in [0.4, 0.5) is 0 Å². The summed E-state index contributed by atoms with van der Waals surface area (Å²) in [4.78, 5) is 36.4. The quantitative estimate of drug-likeness (QED) is 0.612. The smallest absolute Gasteiger partial charge is 0.337 e. The number of carboxylic acid groups (broad SMARTS) is 1. The minimum Gasteiger partial charge on any atom is -0.479 e. The topological polar surface area (TPSA) is 107 Å². The molecular weight excluding hydrogens is 276 g/mol. The molecule has 21 heavy (non-hydrogen) atoms. The van der Waals surface area contributed by atoms with Gasteiger partial charge in [-0.25, -0.2) is 4.79 Å². The lowest BCUT2D eigenvalue weighted by molar-refractivity contribution is -0.156. The van der Waals surface area contributed by atoms with Gasteiger partial charge in [0.2, 0.25) is 11.8 Å². The van der Waals surface area contributed by atoms with Crippen LogP contribution in [0.15, 0.2) is 0 Å². The Morgan fingerprint density at radius 2 is 2.14 bits per heavy atom. The molecule has 7 nitrogen and oxygen atoms in total. The number of rotatable bonds is 7. The zero-order chi connectivity index (χ0) is 16.2. The number of carbonyl (C=O) groups excluding carboxylic acids is 2. The van der Waals surface area contributed by atoms with Crippen LogP contribution in [0, 0.1) is 5.92 Å². The molecule has 0 aromatic carbocycles. The van der Waals surface area contributed by atoms with Gasteiger partial charge < -0.3 is 20.4 Å². The Labute approximate surface area is 124 Å². The van der Waals surface area contributed by atoms with Gasteiger partial charge in [-0.3, -0.25) is 9.59 Å². The van der Waals surface area contributed by atoms with Crippen molar-refractivity contribution in [1.82, 2.24) is 10.2 Å². The van der Waals surface area contributed by atoms with Crippen LogP contribution in [-0.2, 0) is 14.4 Å². The molecule has 0 saturated carbocycles. The molecule has 1 saturated heterocycles. The summed E-state index contributed by atoms with van der Waals surface area (Å²) in [5.74, 6) is -2.33. The first-order valence-corrected chi connectivity index (χ1v) is 7.22.